The Morgan fingerprint density at radius 3 is 2.68 bits per heavy atom. The van der Waals surface area contributed by atoms with Gasteiger partial charge in [-0.25, -0.2) is 17.9 Å². The van der Waals surface area contributed by atoms with Crippen molar-refractivity contribution in [3.05, 3.63) is 16.3 Å². The first-order valence-electron chi connectivity index (χ1n) is 5.72. The van der Waals surface area contributed by atoms with Crippen LogP contribution in [0, 0.1) is 0 Å². The molecule has 108 valence electrons. The predicted molar refractivity (Wildman–Crippen MR) is 72.0 cm³/mol. The number of rotatable bonds is 7. The number of aliphatic hydroxyl groups is 1. The zero-order valence-electron chi connectivity index (χ0n) is 10.7. The zero-order valence-corrected chi connectivity index (χ0v) is 12.3. The van der Waals surface area contributed by atoms with Gasteiger partial charge in [-0.3, -0.25) is 0 Å². The molecular weight excluding hydrogens is 290 g/mol. The van der Waals surface area contributed by atoms with Crippen molar-refractivity contribution in [2.45, 2.75) is 37.2 Å². The first kappa shape index (κ1) is 16.1. The molecule has 8 heteroatoms. The van der Waals surface area contributed by atoms with Crippen LogP contribution >= 0.6 is 11.3 Å². The number of carboxylic acids is 1. The fourth-order valence-electron chi connectivity index (χ4n) is 1.62. The number of aromatic carboxylic acids is 1. The highest BCUT2D eigenvalue weighted by molar-refractivity contribution is 7.89. The van der Waals surface area contributed by atoms with Crippen molar-refractivity contribution in [2.75, 3.05) is 6.54 Å². The molecule has 1 aromatic rings. The Labute approximate surface area is 116 Å². The van der Waals surface area contributed by atoms with Crippen molar-refractivity contribution in [2.24, 2.45) is 0 Å². The monoisotopic (exact) mass is 307 g/mol. The molecule has 0 spiro atoms. The van der Waals surface area contributed by atoms with Crippen LogP contribution in [0.5, 0.6) is 0 Å². The molecule has 0 aliphatic carbocycles. The second kappa shape index (κ2) is 6.00. The van der Waals surface area contributed by atoms with Gasteiger partial charge in [-0.1, -0.05) is 13.3 Å². The van der Waals surface area contributed by atoms with E-state index in [0.29, 0.717) is 12.8 Å². The average Bonchev–Trinajstić information content (AvgIpc) is 2.76. The average molecular weight is 307 g/mol. The Bertz CT molecular complexity index is 547. The van der Waals surface area contributed by atoms with Gasteiger partial charge in [0.05, 0.1) is 5.60 Å². The van der Waals surface area contributed by atoms with Crippen LogP contribution in [-0.2, 0) is 10.0 Å². The van der Waals surface area contributed by atoms with Gasteiger partial charge < -0.3 is 10.2 Å². The Hall–Kier alpha value is -0.960. The smallest absolute Gasteiger partial charge is 0.347 e. The summed E-state index contributed by atoms with van der Waals surface area (Å²) in [6, 6.07) is 1.24. The van der Waals surface area contributed by atoms with Crippen LogP contribution in [0.15, 0.2) is 16.3 Å². The Morgan fingerprint density at radius 2 is 2.16 bits per heavy atom. The highest BCUT2D eigenvalue weighted by Crippen LogP contribution is 2.22. The minimum atomic E-state index is -3.92. The molecule has 0 saturated heterocycles. The first-order chi connectivity index (χ1) is 8.69. The normalized spacial score (nSPS) is 15.1. The van der Waals surface area contributed by atoms with Crippen molar-refractivity contribution < 1.29 is 23.4 Å². The van der Waals surface area contributed by atoms with Gasteiger partial charge in [0.1, 0.15) is 9.77 Å². The van der Waals surface area contributed by atoms with E-state index in [-0.39, 0.29) is 16.3 Å². The summed E-state index contributed by atoms with van der Waals surface area (Å²) in [5.74, 6) is -1.28. The molecule has 0 fully saturated rings. The molecule has 0 aliphatic rings. The maximum absolute atomic E-state index is 12.0. The number of hydrogen-bond donors (Lipinski definition) is 3. The van der Waals surface area contributed by atoms with E-state index in [9.17, 15) is 18.3 Å². The number of nitrogens with one attached hydrogen (secondary N) is 1. The van der Waals surface area contributed by atoms with E-state index in [4.69, 9.17) is 5.11 Å². The van der Waals surface area contributed by atoms with Crippen LogP contribution in [0.4, 0.5) is 0 Å². The van der Waals surface area contributed by atoms with Crippen LogP contribution in [0.25, 0.3) is 0 Å². The van der Waals surface area contributed by atoms with E-state index in [1.165, 1.54) is 18.4 Å². The molecule has 0 amide bonds. The summed E-state index contributed by atoms with van der Waals surface area (Å²) >= 11 is 0.847. The highest BCUT2D eigenvalue weighted by Gasteiger charge is 2.27. The van der Waals surface area contributed by atoms with E-state index >= 15 is 0 Å². The lowest BCUT2D eigenvalue weighted by atomic mass is 10.0. The van der Waals surface area contributed by atoms with Gasteiger partial charge >= 0.3 is 5.97 Å². The van der Waals surface area contributed by atoms with Crippen molar-refractivity contribution >= 4 is 27.3 Å². The van der Waals surface area contributed by atoms with Crippen LogP contribution in [0.2, 0.25) is 0 Å². The van der Waals surface area contributed by atoms with Gasteiger partial charge in [-0.2, -0.15) is 0 Å². The summed E-state index contributed by atoms with van der Waals surface area (Å²) in [4.78, 5) is 10.4. The van der Waals surface area contributed by atoms with Crippen molar-refractivity contribution in [3.63, 3.8) is 0 Å². The topological polar surface area (TPSA) is 104 Å². The van der Waals surface area contributed by atoms with Gasteiger partial charge in [0, 0.05) is 6.54 Å². The lowest BCUT2D eigenvalue weighted by molar-refractivity contribution is 0.0554. The van der Waals surface area contributed by atoms with E-state index in [1.54, 1.807) is 0 Å². The summed E-state index contributed by atoms with van der Waals surface area (Å²) in [6.07, 6.45) is 1.17. The molecule has 0 radical (unpaired) electrons. The van der Waals surface area contributed by atoms with Crippen molar-refractivity contribution in [1.82, 2.24) is 4.72 Å². The summed E-state index contributed by atoms with van der Waals surface area (Å²) < 4.78 is 26.2. The standard InChI is InChI=1S/C11H17NO5S2/c1-3-5-11(2,15)7-12-19(16,17)8-4-6-18-9(8)10(13)14/h4,6,12,15H,3,5,7H2,1-2H3,(H,13,14). The SMILES string of the molecule is CCCC(C)(O)CNS(=O)(=O)c1ccsc1C(=O)O. The zero-order chi connectivity index (χ0) is 14.7. The van der Waals surface area contributed by atoms with E-state index < -0.39 is 21.6 Å². The van der Waals surface area contributed by atoms with Crippen LogP contribution < -0.4 is 4.72 Å². The number of hydrogen-bond acceptors (Lipinski definition) is 5. The summed E-state index contributed by atoms with van der Waals surface area (Å²) in [6.45, 7) is 3.26. The molecular formula is C11H17NO5S2. The number of carboxylic acid groups (broad SMARTS) is 1. The molecule has 1 heterocycles. The number of carbonyl (C=O) groups is 1. The first-order valence-corrected chi connectivity index (χ1v) is 8.09. The summed E-state index contributed by atoms with van der Waals surface area (Å²) in [7, 11) is -3.92. The van der Waals surface area contributed by atoms with E-state index in [1.807, 2.05) is 6.92 Å². The molecule has 6 nitrogen and oxygen atoms in total. The third-order valence-corrected chi connectivity index (χ3v) is 5.02. The van der Waals surface area contributed by atoms with Gasteiger partial charge in [-0.15, -0.1) is 11.3 Å². The lowest BCUT2D eigenvalue weighted by Gasteiger charge is -2.22. The molecule has 0 aliphatic heterocycles. The largest absolute Gasteiger partial charge is 0.477 e. The molecule has 1 rings (SSSR count). The fraction of sp³-hybridized carbons (Fsp3) is 0.545. The van der Waals surface area contributed by atoms with Gasteiger partial charge in [0.2, 0.25) is 10.0 Å². The van der Waals surface area contributed by atoms with E-state index in [0.717, 1.165) is 11.3 Å². The van der Waals surface area contributed by atoms with Crippen molar-refractivity contribution in [1.29, 1.82) is 0 Å². The van der Waals surface area contributed by atoms with Gasteiger partial charge in [0.15, 0.2) is 0 Å². The third-order valence-electron chi connectivity index (χ3n) is 2.54. The van der Waals surface area contributed by atoms with Crippen LogP contribution in [-0.4, -0.2) is 36.7 Å². The number of thiophene rings is 1. The lowest BCUT2D eigenvalue weighted by Crippen LogP contribution is -2.40. The Morgan fingerprint density at radius 1 is 1.53 bits per heavy atom. The molecule has 0 aromatic carbocycles. The van der Waals surface area contributed by atoms with Crippen molar-refractivity contribution in [3.8, 4) is 0 Å². The maximum atomic E-state index is 12.0. The maximum Gasteiger partial charge on any atom is 0.347 e. The summed E-state index contributed by atoms with van der Waals surface area (Å²) in [5.41, 5.74) is -1.15. The molecule has 19 heavy (non-hydrogen) atoms. The van der Waals surface area contributed by atoms with Gasteiger partial charge in [0.25, 0.3) is 0 Å². The van der Waals surface area contributed by atoms with E-state index in [2.05, 4.69) is 4.72 Å². The summed E-state index contributed by atoms with van der Waals surface area (Å²) in [5, 5.41) is 20.2. The van der Waals surface area contributed by atoms with Crippen LogP contribution in [0.3, 0.4) is 0 Å². The Kier molecular flexibility index (Phi) is 5.08. The number of sulfonamides is 1. The Balaban J connectivity index is 2.88. The van der Waals surface area contributed by atoms with Gasteiger partial charge in [-0.05, 0) is 24.8 Å². The fourth-order valence-corrected chi connectivity index (χ4v) is 4.04. The molecule has 3 N–H and O–H groups in total. The third kappa shape index (κ3) is 4.27. The minimum Gasteiger partial charge on any atom is -0.477 e. The molecule has 0 saturated carbocycles. The molecule has 1 unspecified atom stereocenters. The predicted octanol–water partition coefficient (Wildman–Crippen LogP) is 1.28. The molecule has 1 aromatic heterocycles. The molecule has 1 atom stereocenters. The van der Waals surface area contributed by atoms with Crippen LogP contribution in [0.1, 0.15) is 36.4 Å². The molecule has 0 bridgehead atoms. The minimum absolute atomic E-state index is 0.155. The quantitative estimate of drug-likeness (QED) is 0.704. The second-order valence-corrected chi connectivity index (χ2v) is 7.14. The highest BCUT2D eigenvalue weighted by atomic mass is 32.2. The second-order valence-electron chi connectivity index (χ2n) is 4.49.